The van der Waals surface area contributed by atoms with E-state index < -0.39 is 11.7 Å². The molecule has 1 aliphatic heterocycles. The van der Waals surface area contributed by atoms with Gasteiger partial charge in [0.15, 0.2) is 0 Å². The average molecular weight is 300 g/mol. The first-order valence-electron chi connectivity index (χ1n) is 7.01. The summed E-state index contributed by atoms with van der Waals surface area (Å²) in [6.45, 7) is 2.91. The zero-order valence-corrected chi connectivity index (χ0v) is 11.9. The Hall–Kier alpha value is -1.56. The fraction of sp³-hybridized carbons (Fsp3) is 0.533. The van der Waals surface area contributed by atoms with E-state index in [1.54, 1.807) is 4.90 Å². The van der Waals surface area contributed by atoms with Gasteiger partial charge in [0.05, 0.1) is 5.56 Å². The molecule has 2 rings (SSSR count). The first-order chi connectivity index (χ1) is 9.82. The molecule has 0 radical (unpaired) electrons. The summed E-state index contributed by atoms with van der Waals surface area (Å²) in [4.78, 5) is 14.1. The van der Waals surface area contributed by atoms with Crippen LogP contribution in [0.1, 0.15) is 35.7 Å². The third-order valence-corrected chi connectivity index (χ3v) is 4.01. The quantitative estimate of drug-likeness (QED) is 0.913. The Morgan fingerprint density at radius 3 is 2.71 bits per heavy atom. The van der Waals surface area contributed by atoms with Gasteiger partial charge in [0.2, 0.25) is 0 Å². The molecule has 2 unspecified atom stereocenters. The van der Waals surface area contributed by atoms with Crippen LogP contribution in [0.2, 0.25) is 0 Å². The van der Waals surface area contributed by atoms with Gasteiger partial charge in [0, 0.05) is 18.2 Å². The second-order valence-corrected chi connectivity index (χ2v) is 5.56. The van der Waals surface area contributed by atoms with Gasteiger partial charge in [-0.15, -0.1) is 0 Å². The molecule has 2 atom stereocenters. The molecule has 116 valence electrons. The van der Waals surface area contributed by atoms with Crippen LogP contribution in [0.25, 0.3) is 0 Å². The van der Waals surface area contributed by atoms with Gasteiger partial charge in [0.1, 0.15) is 0 Å². The number of benzene rings is 1. The maximum atomic E-state index is 12.7. The molecule has 2 N–H and O–H groups in total. The highest BCUT2D eigenvalue weighted by Gasteiger charge is 2.33. The summed E-state index contributed by atoms with van der Waals surface area (Å²) in [6.07, 6.45) is -2.67. The van der Waals surface area contributed by atoms with Gasteiger partial charge in [-0.05, 0) is 50.4 Å². The van der Waals surface area contributed by atoms with E-state index in [0.29, 0.717) is 13.1 Å². The van der Waals surface area contributed by atoms with Crippen LogP contribution in [0.5, 0.6) is 0 Å². The Labute approximate surface area is 121 Å². The molecule has 0 spiro atoms. The standard InChI is InChI=1S/C15H19F3N2O/c1-10-5-6-11(8-19)9-20(10)14(21)12-3-2-4-13(7-12)15(16,17)18/h2-4,7,10-11H,5-6,8-9,19H2,1H3. The van der Waals surface area contributed by atoms with Crippen molar-refractivity contribution in [3.05, 3.63) is 35.4 Å². The lowest BCUT2D eigenvalue weighted by Gasteiger charge is -2.37. The molecule has 3 nitrogen and oxygen atoms in total. The van der Waals surface area contributed by atoms with Gasteiger partial charge in [-0.25, -0.2) is 0 Å². The van der Waals surface area contributed by atoms with Crippen molar-refractivity contribution in [3.63, 3.8) is 0 Å². The van der Waals surface area contributed by atoms with Crippen LogP contribution in [-0.4, -0.2) is 29.9 Å². The Morgan fingerprint density at radius 2 is 2.10 bits per heavy atom. The molecule has 1 amide bonds. The second kappa shape index (κ2) is 6.05. The van der Waals surface area contributed by atoms with Crippen molar-refractivity contribution >= 4 is 5.91 Å². The summed E-state index contributed by atoms with van der Waals surface area (Å²) in [7, 11) is 0. The van der Waals surface area contributed by atoms with Gasteiger partial charge in [-0.1, -0.05) is 6.07 Å². The van der Waals surface area contributed by atoms with Crippen LogP contribution in [0, 0.1) is 5.92 Å². The lowest BCUT2D eigenvalue weighted by molar-refractivity contribution is -0.137. The van der Waals surface area contributed by atoms with E-state index >= 15 is 0 Å². The molecule has 6 heteroatoms. The first-order valence-corrected chi connectivity index (χ1v) is 7.01. The first kappa shape index (κ1) is 15.8. The predicted octanol–water partition coefficient (Wildman–Crippen LogP) is 2.90. The maximum Gasteiger partial charge on any atom is 0.416 e. The van der Waals surface area contributed by atoms with Crippen molar-refractivity contribution in [1.29, 1.82) is 0 Å². The monoisotopic (exact) mass is 300 g/mol. The van der Waals surface area contributed by atoms with E-state index in [4.69, 9.17) is 5.73 Å². The van der Waals surface area contributed by atoms with Crippen LogP contribution < -0.4 is 5.73 Å². The molecule has 0 saturated carbocycles. The highest BCUT2D eigenvalue weighted by atomic mass is 19.4. The third kappa shape index (κ3) is 3.56. The number of halogens is 3. The molecule has 0 bridgehead atoms. The molecule has 1 aliphatic rings. The zero-order valence-electron chi connectivity index (χ0n) is 11.9. The summed E-state index contributed by atoms with van der Waals surface area (Å²) in [5.41, 5.74) is 4.92. The summed E-state index contributed by atoms with van der Waals surface area (Å²) in [5.74, 6) is -0.136. The van der Waals surface area contributed by atoms with Gasteiger partial charge >= 0.3 is 6.18 Å². The van der Waals surface area contributed by atoms with Crippen molar-refractivity contribution in [1.82, 2.24) is 4.90 Å². The van der Waals surface area contributed by atoms with E-state index in [-0.39, 0.29) is 23.4 Å². The van der Waals surface area contributed by atoms with Gasteiger partial charge in [-0.3, -0.25) is 4.79 Å². The minimum absolute atomic E-state index is 0.0230. The molecular weight excluding hydrogens is 281 g/mol. The van der Waals surface area contributed by atoms with Crippen molar-refractivity contribution in [2.24, 2.45) is 11.7 Å². The summed E-state index contributed by atoms with van der Waals surface area (Å²) < 4.78 is 38.2. The fourth-order valence-electron chi connectivity index (χ4n) is 2.65. The second-order valence-electron chi connectivity index (χ2n) is 5.56. The molecule has 0 aliphatic carbocycles. The number of piperidine rings is 1. The molecule has 1 fully saturated rings. The summed E-state index contributed by atoms with van der Waals surface area (Å²) in [6, 6.07) is 4.61. The predicted molar refractivity (Wildman–Crippen MR) is 73.7 cm³/mol. The molecule has 1 aromatic carbocycles. The Bertz CT molecular complexity index is 516. The largest absolute Gasteiger partial charge is 0.416 e. The normalized spacial score (nSPS) is 23.2. The average Bonchev–Trinajstić information content (AvgIpc) is 2.46. The Morgan fingerprint density at radius 1 is 1.38 bits per heavy atom. The molecule has 1 aromatic rings. The molecule has 1 saturated heterocycles. The molecule has 0 aromatic heterocycles. The van der Waals surface area contributed by atoms with Crippen LogP contribution in [0.15, 0.2) is 24.3 Å². The number of hydrogen-bond acceptors (Lipinski definition) is 2. The van der Waals surface area contributed by atoms with Crippen molar-refractivity contribution < 1.29 is 18.0 Å². The SMILES string of the molecule is CC1CCC(CN)CN1C(=O)c1cccc(C(F)(F)F)c1. The number of carbonyl (C=O) groups is 1. The van der Waals surface area contributed by atoms with Crippen molar-refractivity contribution in [3.8, 4) is 0 Å². The van der Waals surface area contributed by atoms with Gasteiger partial charge in [-0.2, -0.15) is 13.2 Å². The smallest absolute Gasteiger partial charge is 0.336 e. The lowest BCUT2D eigenvalue weighted by Crippen LogP contribution is -2.47. The Balaban J connectivity index is 2.23. The van der Waals surface area contributed by atoms with E-state index in [0.717, 1.165) is 25.0 Å². The number of likely N-dealkylation sites (tertiary alicyclic amines) is 1. The Kier molecular flexibility index (Phi) is 4.56. The number of carbonyl (C=O) groups excluding carboxylic acids is 1. The maximum absolute atomic E-state index is 12.7. The number of amides is 1. The summed E-state index contributed by atoms with van der Waals surface area (Å²) >= 11 is 0. The van der Waals surface area contributed by atoms with Gasteiger partial charge in [0.25, 0.3) is 5.91 Å². The van der Waals surface area contributed by atoms with E-state index in [1.807, 2.05) is 6.92 Å². The topological polar surface area (TPSA) is 46.3 Å². The minimum atomic E-state index is -4.44. The van der Waals surface area contributed by atoms with Gasteiger partial charge < -0.3 is 10.6 Å². The van der Waals surface area contributed by atoms with Crippen LogP contribution in [0.3, 0.4) is 0 Å². The van der Waals surface area contributed by atoms with Crippen molar-refractivity contribution in [2.75, 3.05) is 13.1 Å². The number of nitrogens with two attached hydrogens (primary N) is 1. The van der Waals surface area contributed by atoms with Crippen LogP contribution >= 0.6 is 0 Å². The highest BCUT2D eigenvalue weighted by molar-refractivity contribution is 5.94. The third-order valence-electron chi connectivity index (χ3n) is 4.01. The van der Waals surface area contributed by atoms with E-state index in [9.17, 15) is 18.0 Å². The molecule has 21 heavy (non-hydrogen) atoms. The van der Waals surface area contributed by atoms with Crippen LogP contribution in [0.4, 0.5) is 13.2 Å². The summed E-state index contributed by atoms with van der Waals surface area (Å²) in [5, 5.41) is 0. The lowest BCUT2D eigenvalue weighted by atomic mass is 9.93. The molecular formula is C15H19F3N2O. The van der Waals surface area contributed by atoms with E-state index in [1.165, 1.54) is 12.1 Å². The van der Waals surface area contributed by atoms with Crippen molar-refractivity contribution in [2.45, 2.75) is 32.0 Å². The highest BCUT2D eigenvalue weighted by Crippen LogP contribution is 2.30. The number of alkyl halides is 3. The van der Waals surface area contributed by atoms with Crippen LogP contribution in [-0.2, 0) is 6.18 Å². The minimum Gasteiger partial charge on any atom is -0.336 e. The zero-order chi connectivity index (χ0) is 15.6. The molecule has 1 heterocycles. The fourth-order valence-corrected chi connectivity index (χ4v) is 2.65. The number of nitrogens with zero attached hydrogens (tertiary/aromatic N) is 1. The number of rotatable bonds is 2. The number of hydrogen-bond donors (Lipinski definition) is 1. The van der Waals surface area contributed by atoms with E-state index in [2.05, 4.69) is 0 Å².